The number of aromatic nitrogens is 3. The SMILES string of the molecule is CC1(NC(=O)c2cn(C3CCNCC3)nn2)CCCOC1. The molecule has 3 rings (SSSR count). The minimum absolute atomic E-state index is 0.164. The van der Waals surface area contributed by atoms with Crippen LogP contribution < -0.4 is 10.6 Å². The predicted octanol–water partition coefficient (Wildman–Crippen LogP) is 0.501. The van der Waals surface area contributed by atoms with Crippen LogP contribution in [-0.4, -0.2) is 52.7 Å². The molecule has 1 amide bonds. The molecule has 2 saturated heterocycles. The van der Waals surface area contributed by atoms with Crippen LogP contribution in [0.15, 0.2) is 6.20 Å². The van der Waals surface area contributed by atoms with Gasteiger partial charge in [0.25, 0.3) is 5.91 Å². The molecule has 2 N–H and O–H groups in total. The molecule has 2 aliphatic heterocycles. The fourth-order valence-electron chi connectivity index (χ4n) is 3.00. The van der Waals surface area contributed by atoms with Crippen molar-refractivity contribution in [1.29, 1.82) is 0 Å². The van der Waals surface area contributed by atoms with Crippen molar-refractivity contribution in [2.75, 3.05) is 26.3 Å². The molecule has 21 heavy (non-hydrogen) atoms. The number of piperidine rings is 1. The highest BCUT2D eigenvalue weighted by molar-refractivity contribution is 5.92. The van der Waals surface area contributed by atoms with Gasteiger partial charge in [0.1, 0.15) is 0 Å². The summed E-state index contributed by atoms with van der Waals surface area (Å²) in [5, 5.41) is 14.5. The van der Waals surface area contributed by atoms with Crippen LogP contribution in [0.1, 0.15) is 49.1 Å². The van der Waals surface area contributed by atoms with Crippen LogP contribution in [0.3, 0.4) is 0 Å². The van der Waals surface area contributed by atoms with Gasteiger partial charge >= 0.3 is 0 Å². The van der Waals surface area contributed by atoms with Crippen LogP contribution in [0.4, 0.5) is 0 Å². The van der Waals surface area contributed by atoms with Gasteiger partial charge < -0.3 is 15.4 Å². The second-order valence-electron chi connectivity index (χ2n) is 6.24. The summed E-state index contributed by atoms with van der Waals surface area (Å²) in [6.07, 6.45) is 5.71. The maximum Gasteiger partial charge on any atom is 0.273 e. The molecule has 1 atom stereocenters. The van der Waals surface area contributed by atoms with Crippen LogP contribution in [0.2, 0.25) is 0 Å². The molecule has 3 heterocycles. The van der Waals surface area contributed by atoms with Crippen LogP contribution in [-0.2, 0) is 4.74 Å². The Morgan fingerprint density at radius 1 is 1.52 bits per heavy atom. The van der Waals surface area contributed by atoms with Gasteiger partial charge in [0.05, 0.1) is 24.4 Å². The Morgan fingerprint density at radius 3 is 3.05 bits per heavy atom. The van der Waals surface area contributed by atoms with Crippen molar-refractivity contribution >= 4 is 5.91 Å². The Balaban J connectivity index is 1.63. The molecule has 0 saturated carbocycles. The quantitative estimate of drug-likeness (QED) is 0.848. The van der Waals surface area contributed by atoms with Crippen molar-refractivity contribution in [3.8, 4) is 0 Å². The second-order valence-corrected chi connectivity index (χ2v) is 6.24. The second kappa shape index (κ2) is 6.11. The first-order valence-electron chi connectivity index (χ1n) is 7.69. The maximum atomic E-state index is 12.3. The lowest BCUT2D eigenvalue weighted by Crippen LogP contribution is -2.51. The van der Waals surface area contributed by atoms with Gasteiger partial charge in [-0.3, -0.25) is 4.79 Å². The van der Waals surface area contributed by atoms with E-state index in [4.69, 9.17) is 4.74 Å². The van der Waals surface area contributed by atoms with Crippen LogP contribution in [0, 0.1) is 0 Å². The lowest BCUT2D eigenvalue weighted by molar-refractivity contribution is 0.0271. The largest absolute Gasteiger partial charge is 0.379 e. The topological polar surface area (TPSA) is 81.1 Å². The fraction of sp³-hybridized carbons (Fsp3) is 0.786. The third kappa shape index (κ3) is 3.41. The highest BCUT2D eigenvalue weighted by Crippen LogP contribution is 2.20. The highest BCUT2D eigenvalue weighted by atomic mass is 16.5. The third-order valence-corrected chi connectivity index (χ3v) is 4.28. The van der Waals surface area contributed by atoms with Gasteiger partial charge in [-0.25, -0.2) is 4.68 Å². The number of amides is 1. The van der Waals surface area contributed by atoms with Crippen molar-refractivity contribution in [1.82, 2.24) is 25.6 Å². The van der Waals surface area contributed by atoms with Gasteiger partial charge in [0, 0.05) is 6.61 Å². The van der Waals surface area contributed by atoms with E-state index in [0.29, 0.717) is 18.3 Å². The zero-order valence-electron chi connectivity index (χ0n) is 12.5. The molecule has 7 nitrogen and oxygen atoms in total. The van der Waals surface area contributed by atoms with E-state index in [1.807, 2.05) is 11.6 Å². The van der Waals surface area contributed by atoms with E-state index in [1.54, 1.807) is 6.20 Å². The molecular formula is C14H23N5O2. The summed E-state index contributed by atoms with van der Waals surface area (Å²) in [6, 6.07) is 0.342. The van der Waals surface area contributed by atoms with Gasteiger partial charge in [-0.1, -0.05) is 5.21 Å². The molecular weight excluding hydrogens is 270 g/mol. The standard InChI is InChI=1S/C14H23N5O2/c1-14(5-2-8-21-10-14)16-13(20)12-9-19(18-17-12)11-3-6-15-7-4-11/h9,11,15H,2-8,10H2,1H3,(H,16,20). The Labute approximate surface area is 124 Å². The minimum Gasteiger partial charge on any atom is -0.379 e. The molecule has 1 unspecified atom stereocenters. The van der Waals surface area contributed by atoms with Gasteiger partial charge in [-0.05, 0) is 45.7 Å². The molecule has 0 spiro atoms. The van der Waals surface area contributed by atoms with Crippen molar-refractivity contribution in [2.45, 2.75) is 44.2 Å². The Bertz CT molecular complexity index is 489. The summed E-state index contributed by atoms with van der Waals surface area (Å²) in [4.78, 5) is 12.3. The number of hydrogen-bond acceptors (Lipinski definition) is 5. The number of ether oxygens (including phenoxy) is 1. The fourth-order valence-corrected chi connectivity index (χ4v) is 3.00. The number of carbonyl (C=O) groups excluding carboxylic acids is 1. The van der Waals surface area contributed by atoms with E-state index in [-0.39, 0.29) is 11.4 Å². The first-order valence-corrected chi connectivity index (χ1v) is 7.69. The molecule has 0 aliphatic carbocycles. The van der Waals surface area contributed by atoms with Crippen LogP contribution >= 0.6 is 0 Å². The van der Waals surface area contributed by atoms with Crippen LogP contribution in [0.25, 0.3) is 0 Å². The first-order chi connectivity index (χ1) is 10.2. The monoisotopic (exact) mass is 293 g/mol. The van der Waals surface area contributed by atoms with E-state index in [2.05, 4.69) is 20.9 Å². The van der Waals surface area contributed by atoms with Gasteiger partial charge in [0.15, 0.2) is 5.69 Å². The Morgan fingerprint density at radius 2 is 2.33 bits per heavy atom. The van der Waals surface area contributed by atoms with Crippen LogP contribution in [0.5, 0.6) is 0 Å². The average Bonchev–Trinajstić information content (AvgIpc) is 2.98. The number of nitrogens with one attached hydrogen (secondary N) is 2. The molecule has 0 bridgehead atoms. The summed E-state index contributed by atoms with van der Waals surface area (Å²) in [7, 11) is 0. The summed E-state index contributed by atoms with van der Waals surface area (Å²) >= 11 is 0. The van der Waals surface area contributed by atoms with E-state index in [0.717, 1.165) is 45.4 Å². The van der Waals surface area contributed by atoms with Gasteiger partial charge in [-0.2, -0.15) is 0 Å². The molecule has 0 radical (unpaired) electrons. The number of nitrogens with zero attached hydrogens (tertiary/aromatic N) is 3. The maximum absolute atomic E-state index is 12.3. The smallest absolute Gasteiger partial charge is 0.273 e. The predicted molar refractivity (Wildman–Crippen MR) is 77.1 cm³/mol. The van der Waals surface area contributed by atoms with E-state index >= 15 is 0 Å². The lowest BCUT2D eigenvalue weighted by Gasteiger charge is -2.33. The molecule has 1 aromatic rings. The Hall–Kier alpha value is -1.47. The third-order valence-electron chi connectivity index (χ3n) is 4.28. The normalized spacial score (nSPS) is 27.5. The molecule has 1 aromatic heterocycles. The van der Waals surface area contributed by atoms with Crippen molar-refractivity contribution < 1.29 is 9.53 Å². The highest BCUT2D eigenvalue weighted by Gasteiger charge is 2.30. The molecule has 2 aliphatic rings. The summed E-state index contributed by atoms with van der Waals surface area (Å²) < 4.78 is 7.29. The zero-order valence-corrected chi connectivity index (χ0v) is 12.5. The van der Waals surface area contributed by atoms with E-state index in [1.165, 1.54) is 0 Å². The first kappa shape index (κ1) is 14.5. The molecule has 0 aromatic carbocycles. The van der Waals surface area contributed by atoms with Gasteiger partial charge in [-0.15, -0.1) is 5.10 Å². The summed E-state index contributed by atoms with van der Waals surface area (Å²) in [5.41, 5.74) is 0.0914. The van der Waals surface area contributed by atoms with Crippen molar-refractivity contribution in [3.05, 3.63) is 11.9 Å². The molecule has 2 fully saturated rings. The average molecular weight is 293 g/mol. The zero-order chi connectivity index (χ0) is 14.7. The van der Waals surface area contributed by atoms with E-state index < -0.39 is 0 Å². The van der Waals surface area contributed by atoms with Crippen molar-refractivity contribution in [2.24, 2.45) is 0 Å². The Kier molecular flexibility index (Phi) is 4.21. The van der Waals surface area contributed by atoms with Gasteiger partial charge in [0.2, 0.25) is 0 Å². The molecule has 7 heteroatoms. The summed E-state index contributed by atoms with van der Waals surface area (Å²) in [6.45, 7) is 5.32. The lowest BCUT2D eigenvalue weighted by atomic mass is 9.95. The van der Waals surface area contributed by atoms with Crippen molar-refractivity contribution in [3.63, 3.8) is 0 Å². The number of rotatable bonds is 3. The number of hydrogen-bond donors (Lipinski definition) is 2. The van der Waals surface area contributed by atoms with E-state index in [9.17, 15) is 4.79 Å². The minimum atomic E-state index is -0.298. The summed E-state index contributed by atoms with van der Waals surface area (Å²) in [5.74, 6) is -0.164. The number of carbonyl (C=O) groups is 1. The molecule has 116 valence electrons.